The number of benzene rings is 2. The molecule has 0 saturated heterocycles. The third kappa shape index (κ3) is 4.48. The van der Waals surface area contributed by atoms with Gasteiger partial charge in [-0.15, -0.1) is 0 Å². The summed E-state index contributed by atoms with van der Waals surface area (Å²) in [6.07, 6.45) is 1.14. The zero-order chi connectivity index (χ0) is 14.2. The van der Waals surface area contributed by atoms with E-state index >= 15 is 0 Å². The summed E-state index contributed by atoms with van der Waals surface area (Å²) in [5.74, 6) is 0.600. The Balaban J connectivity index is 1.83. The van der Waals surface area contributed by atoms with Crippen molar-refractivity contribution in [2.24, 2.45) is 11.7 Å². The molecular formula is C18H24N2. The highest BCUT2D eigenvalue weighted by Crippen LogP contribution is 2.19. The second-order valence-electron chi connectivity index (χ2n) is 5.37. The lowest BCUT2D eigenvalue weighted by molar-refractivity contribution is 0.509. The van der Waals surface area contributed by atoms with Gasteiger partial charge in [0.05, 0.1) is 0 Å². The molecule has 0 fully saturated rings. The van der Waals surface area contributed by atoms with Crippen molar-refractivity contribution in [1.29, 1.82) is 0 Å². The van der Waals surface area contributed by atoms with Gasteiger partial charge >= 0.3 is 0 Å². The molecule has 0 amide bonds. The monoisotopic (exact) mass is 268 g/mol. The minimum Gasteiger partial charge on any atom is -0.330 e. The average molecular weight is 268 g/mol. The zero-order valence-corrected chi connectivity index (χ0v) is 12.2. The van der Waals surface area contributed by atoms with Gasteiger partial charge < -0.3 is 11.1 Å². The van der Waals surface area contributed by atoms with Crippen molar-refractivity contribution in [2.45, 2.75) is 19.9 Å². The van der Waals surface area contributed by atoms with Crippen LogP contribution in [0.3, 0.4) is 0 Å². The number of nitrogens with one attached hydrogen (secondary N) is 1. The molecule has 3 N–H and O–H groups in total. The van der Waals surface area contributed by atoms with Crippen LogP contribution >= 0.6 is 0 Å². The smallest absolute Gasteiger partial charge is 0.0205 e. The SMILES string of the molecule is CC(CN)CCNCc1ccc(-c2ccccc2)cc1. The first-order valence-corrected chi connectivity index (χ1v) is 7.34. The van der Waals surface area contributed by atoms with E-state index in [2.05, 4.69) is 60.8 Å². The minimum atomic E-state index is 0.600. The highest BCUT2D eigenvalue weighted by Gasteiger charge is 1.99. The third-order valence-corrected chi connectivity index (χ3v) is 3.61. The average Bonchev–Trinajstić information content (AvgIpc) is 2.52. The number of rotatable bonds is 7. The Morgan fingerprint density at radius 1 is 0.950 bits per heavy atom. The topological polar surface area (TPSA) is 38.0 Å². The molecule has 0 aliphatic heterocycles. The Morgan fingerprint density at radius 3 is 2.25 bits per heavy atom. The van der Waals surface area contributed by atoms with Crippen LogP contribution in [0.2, 0.25) is 0 Å². The van der Waals surface area contributed by atoms with E-state index in [1.165, 1.54) is 16.7 Å². The van der Waals surface area contributed by atoms with Crippen LogP contribution in [-0.2, 0) is 6.54 Å². The van der Waals surface area contributed by atoms with E-state index in [4.69, 9.17) is 5.73 Å². The largest absolute Gasteiger partial charge is 0.330 e. The van der Waals surface area contributed by atoms with Gasteiger partial charge in [0.1, 0.15) is 0 Å². The molecule has 0 spiro atoms. The van der Waals surface area contributed by atoms with Gasteiger partial charge in [-0.25, -0.2) is 0 Å². The molecule has 106 valence electrons. The molecule has 1 atom stereocenters. The van der Waals surface area contributed by atoms with Crippen molar-refractivity contribution in [1.82, 2.24) is 5.32 Å². The molecule has 0 heterocycles. The minimum absolute atomic E-state index is 0.600. The number of hydrogen-bond donors (Lipinski definition) is 2. The van der Waals surface area contributed by atoms with Crippen LogP contribution in [0.1, 0.15) is 18.9 Å². The van der Waals surface area contributed by atoms with Gasteiger partial charge in [-0.1, -0.05) is 61.5 Å². The maximum absolute atomic E-state index is 5.61. The standard InChI is InChI=1S/C18H24N2/c1-15(13-19)11-12-20-14-16-7-9-18(10-8-16)17-5-3-2-4-6-17/h2-10,15,20H,11-14,19H2,1H3. The molecule has 0 radical (unpaired) electrons. The highest BCUT2D eigenvalue weighted by molar-refractivity contribution is 5.63. The lowest BCUT2D eigenvalue weighted by Gasteiger charge is -2.09. The van der Waals surface area contributed by atoms with Crippen LogP contribution in [0.15, 0.2) is 54.6 Å². The van der Waals surface area contributed by atoms with Gasteiger partial charge in [0.2, 0.25) is 0 Å². The predicted molar refractivity (Wildman–Crippen MR) is 86.4 cm³/mol. The van der Waals surface area contributed by atoms with Crippen molar-refractivity contribution in [2.75, 3.05) is 13.1 Å². The number of hydrogen-bond acceptors (Lipinski definition) is 2. The van der Waals surface area contributed by atoms with E-state index in [9.17, 15) is 0 Å². The van der Waals surface area contributed by atoms with E-state index in [1.54, 1.807) is 0 Å². The van der Waals surface area contributed by atoms with Crippen molar-refractivity contribution in [3.63, 3.8) is 0 Å². The molecule has 20 heavy (non-hydrogen) atoms. The highest BCUT2D eigenvalue weighted by atomic mass is 14.8. The summed E-state index contributed by atoms with van der Waals surface area (Å²) in [5.41, 5.74) is 9.47. The fourth-order valence-electron chi connectivity index (χ4n) is 2.14. The first kappa shape index (κ1) is 14.8. The van der Waals surface area contributed by atoms with E-state index in [-0.39, 0.29) is 0 Å². The second kappa shape index (κ2) is 7.83. The van der Waals surface area contributed by atoms with Crippen molar-refractivity contribution < 1.29 is 0 Å². The quantitative estimate of drug-likeness (QED) is 0.755. The summed E-state index contributed by atoms with van der Waals surface area (Å²) in [7, 11) is 0. The van der Waals surface area contributed by atoms with Gasteiger partial charge in [0, 0.05) is 6.54 Å². The van der Waals surface area contributed by atoms with Gasteiger partial charge in [-0.2, -0.15) is 0 Å². The van der Waals surface area contributed by atoms with Crippen LogP contribution in [0.4, 0.5) is 0 Å². The Kier molecular flexibility index (Phi) is 5.78. The van der Waals surface area contributed by atoms with Crippen LogP contribution in [0, 0.1) is 5.92 Å². The molecule has 0 aliphatic carbocycles. The van der Waals surface area contributed by atoms with Crippen molar-refractivity contribution >= 4 is 0 Å². The van der Waals surface area contributed by atoms with E-state index in [0.717, 1.165) is 26.1 Å². The first-order valence-electron chi connectivity index (χ1n) is 7.34. The van der Waals surface area contributed by atoms with Crippen LogP contribution in [-0.4, -0.2) is 13.1 Å². The Hall–Kier alpha value is -1.64. The summed E-state index contributed by atoms with van der Waals surface area (Å²) in [6, 6.07) is 19.2. The fourth-order valence-corrected chi connectivity index (χ4v) is 2.14. The molecule has 1 unspecified atom stereocenters. The molecule has 0 bridgehead atoms. The lowest BCUT2D eigenvalue weighted by Crippen LogP contribution is -2.20. The van der Waals surface area contributed by atoms with Crippen LogP contribution in [0.25, 0.3) is 11.1 Å². The Bertz CT molecular complexity index is 491. The Labute approximate surface area is 122 Å². The fraction of sp³-hybridized carbons (Fsp3) is 0.333. The summed E-state index contributed by atoms with van der Waals surface area (Å²) in [5, 5.41) is 3.47. The Morgan fingerprint density at radius 2 is 1.60 bits per heavy atom. The van der Waals surface area contributed by atoms with Gasteiger partial charge in [0.25, 0.3) is 0 Å². The summed E-state index contributed by atoms with van der Waals surface area (Å²) in [6.45, 7) is 4.91. The molecular weight excluding hydrogens is 244 g/mol. The maximum atomic E-state index is 5.61. The van der Waals surface area contributed by atoms with Gasteiger partial charge in [-0.05, 0) is 42.1 Å². The molecule has 2 nitrogen and oxygen atoms in total. The van der Waals surface area contributed by atoms with Gasteiger partial charge in [-0.3, -0.25) is 0 Å². The first-order chi connectivity index (χ1) is 9.79. The molecule has 2 aromatic carbocycles. The lowest BCUT2D eigenvalue weighted by atomic mass is 10.0. The van der Waals surface area contributed by atoms with Crippen molar-refractivity contribution in [3.8, 4) is 11.1 Å². The van der Waals surface area contributed by atoms with Crippen LogP contribution < -0.4 is 11.1 Å². The van der Waals surface area contributed by atoms with Crippen LogP contribution in [0.5, 0.6) is 0 Å². The summed E-state index contributed by atoms with van der Waals surface area (Å²) >= 11 is 0. The predicted octanol–water partition coefficient (Wildman–Crippen LogP) is 3.43. The van der Waals surface area contributed by atoms with Crippen molar-refractivity contribution in [3.05, 3.63) is 60.2 Å². The maximum Gasteiger partial charge on any atom is 0.0205 e. The van der Waals surface area contributed by atoms with E-state index in [1.807, 2.05) is 6.07 Å². The number of nitrogens with two attached hydrogens (primary N) is 1. The van der Waals surface area contributed by atoms with Gasteiger partial charge in [0.15, 0.2) is 0 Å². The normalized spacial score (nSPS) is 12.3. The van der Waals surface area contributed by atoms with E-state index < -0.39 is 0 Å². The summed E-state index contributed by atoms with van der Waals surface area (Å²) in [4.78, 5) is 0. The molecule has 2 aromatic rings. The summed E-state index contributed by atoms with van der Waals surface area (Å²) < 4.78 is 0. The molecule has 0 aliphatic rings. The molecule has 2 rings (SSSR count). The molecule has 2 heteroatoms. The molecule has 0 saturated carbocycles. The van der Waals surface area contributed by atoms with E-state index in [0.29, 0.717) is 5.92 Å². The third-order valence-electron chi connectivity index (χ3n) is 3.61. The molecule has 0 aromatic heterocycles. The zero-order valence-electron chi connectivity index (χ0n) is 12.2. The second-order valence-corrected chi connectivity index (χ2v) is 5.37.